The highest BCUT2D eigenvalue weighted by Crippen LogP contribution is 2.38. The van der Waals surface area contributed by atoms with Gasteiger partial charge in [0.2, 0.25) is 0 Å². The lowest BCUT2D eigenvalue weighted by Crippen LogP contribution is -2.44. The molecule has 3 aromatic rings. The van der Waals surface area contributed by atoms with Crippen LogP contribution >= 0.6 is 0 Å². The topological polar surface area (TPSA) is 119 Å². The molecule has 0 spiro atoms. The number of aromatic nitrogens is 3. The number of nitriles is 2. The van der Waals surface area contributed by atoms with E-state index >= 15 is 0 Å². The molecule has 1 saturated heterocycles. The van der Waals surface area contributed by atoms with Crippen LogP contribution in [0.15, 0.2) is 54.7 Å². The Bertz CT molecular complexity index is 1680. The number of amides is 3. The summed E-state index contributed by atoms with van der Waals surface area (Å²) in [5.74, 6) is -0.764. The van der Waals surface area contributed by atoms with E-state index in [0.29, 0.717) is 11.0 Å². The number of imide groups is 1. The first-order valence-corrected chi connectivity index (χ1v) is 12.0. The number of nitrogens with zero attached hydrogens (tertiary/aromatic N) is 7. The molecule has 2 aromatic carbocycles. The quantitative estimate of drug-likeness (QED) is 0.213. The van der Waals surface area contributed by atoms with Gasteiger partial charge in [-0.3, -0.25) is 4.79 Å². The Kier molecular flexibility index (Phi) is 7.56. The van der Waals surface area contributed by atoms with E-state index < -0.39 is 52.1 Å². The SMILES string of the molecule is CC1(C)C(=O)N(c2ccc(C#N)c(C(F)(F)F)c2)C(=O)N1CC=CCn1cc(-c2ccc(C#N)c(C(F)(F)F)c2)nn1. The highest BCUT2D eigenvalue weighted by Gasteiger charge is 2.51. The average Bonchev–Trinajstić information content (AvgIpc) is 3.46. The molecule has 15 heteroatoms. The molecule has 216 valence electrons. The number of benzene rings is 2. The third-order valence-corrected chi connectivity index (χ3v) is 6.54. The highest BCUT2D eigenvalue weighted by molar-refractivity contribution is 6.23. The standard InChI is InChI=1S/C27H19F6N7O2/c1-25(2)23(41)40(19-8-7-18(14-35)21(12-19)27(31,32)33)24(42)39(25)10-4-3-9-38-15-22(36-37-38)16-5-6-17(13-34)20(11-16)26(28,29)30/h3-8,11-12,15H,9-10H2,1-2H3. The van der Waals surface area contributed by atoms with Crippen molar-refractivity contribution in [3.63, 3.8) is 0 Å². The van der Waals surface area contributed by atoms with Gasteiger partial charge in [-0.2, -0.15) is 36.9 Å². The Hall–Kier alpha value is -5.18. The number of carbonyl (C=O) groups excluding carboxylic acids is 2. The zero-order valence-corrected chi connectivity index (χ0v) is 21.8. The first-order chi connectivity index (χ1) is 19.6. The molecule has 0 radical (unpaired) electrons. The fraction of sp³-hybridized carbons (Fsp3) is 0.259. The first kappa shape index (κ1) is 29.8. The monoisotopic (exact) mass is 587 g/mol. The van der Waals surface area contributed by atoms with Crippen LogP contribution < -0.4 is 4.90 Å². The second-order valence-corrected chi connectivity index (χ2v) is 9.60. The summed E-state index contributed by atoms with van der Waals surface area (Å²) in [4.78, 5) is 28.0. The van der Waals surface area contributed by atoms with Crippen LogP contribution in [0.2, 0.25) is 0 Å². The van der Waals surface area contributed by atoms with Gasteiger partial charge < -0.3 is 4.90 Å². The molecular formula is C27H19F6N7O2. The van der Waals surface area contributed by atoms with E-state index in [4.69, 9.17) is 10.5 Å². The summed E-state index contributed by atoms with van der Waals surface area (Å²) in [6.45, 7) is 2.85. The summed E-state index contributed by atoms with van der Waals surface area (Å²) in [5.41, 5.74) is -5.09. The summed E-state index contributed by atoms with van der Waals surface area (Å²) in [5, 5.41) is 25.7. The van der Waals surface area contributed by atoms with Crippen molar-refractivity contribution in [2.24, 2.45) is 0 Å². The molecule has 42 heavy (non-hydrogen) atoms. The van der Waals surface area contributed by atoms with E-state index in [2.05, 4.69) is 10.3 Å². The highest BCUT2D eigenvalue weighted by atomic mass is 19.4. The molecule has 1 aliphatic heterocycles. The van der Waals surface area contributed by atoms with E-state index in [1.807, 2.05) is 0 Å². The Balaban J connectivity index is 1.49. The molecule has 0 aliphatic carbocycles. The van der Waals surface area contributed by atoms with E-state index in [1.54, 1.807) is 6.08 Å². The first-order valence-electron chi connectivity index (χ1n) is 12.0. The predicted molar refractivity (Wildman–Crippen MR) is 134 cm³/mol. The minimum Gasteiger partial charge on any atom is -0.306 e. The van der Waals surface area contributed by atoms with Crippen molar-refractivity contribution in [1.29, 1.82) is 10.5 Å². The van der Waals surface area contributed by atoms with Crippen molar-refractivity contribution < 1.29 is 35.9 Å². The third-order valence-electron chi connectivity index (χ3n) is 6.54. The molecule has 1 fully saturated rings. The van der Waals surface area contributed by atoms with Gasteiger partial charge in [0.1, 0.15) is 11.2 Å². The number of hydrogen-bond donors (Lipinski definition) is 0. The van der Waals surface area contributed by atoms with Crippen LogP contribution in [0.3, 0.4) is 0 Å². The lowest BCUT2D eigenvalue weighted by atomic mass is 10.0. The Morgan fingerprint density at radius 1 is 0.881 bits per heavy atom. The number of halogens is 6. The number of hydrogen-bond acceptors (Lipinski definition) is 6. The maximum absolute atomic E-state index is 13.4. The fourth-order valence-electron chi connectivity index (χ4n) is 4.29. The van der Waals surface area contributed by atoms with Crippen LogP contribution in [0.1, 0.15) is 36.1 Å². The van der Waals surface area contributed by atoms with E-state index in [9.17, 15) is 35.9 Å². The van der Waals surface area contributed by atoms with Gasteiger partial charge in [-0.1, -0.05) is 23.4 Å². The summed E-state index contributed by atoms with van der Waals surface area (Å²) in [6.07, 6.45) is -5.17. The van der Waals surface area contributed by atoms with Crippen molar-refractivity contribution in [2.75, 3.05) is 11.4 Å². The van der Waals surface area contributed by atoms with Crippen molar-refractivity contribution in [3.05, 3.63) is 77.0 Å². The number of rotatable bonds is 6. The minimum absolute atomic E-state index is 0.0834. The number of allylic oxidation sites excluding steroid dienone is 1. The van der Waals surface area contributed by atoms with Crippen molar-refractivity contribution in [1.82, 2.24) is 19.9 Å². The van der Waals surface area contributed by atoms with Gasteiger partial charge in [0, 0.05) is 12.1 Å². The molecule has 0 N–H and O–H groups in total. The Morgan fingerprint density at radius 3 is 2.05 bits per heavy atom. The van der Waals surface area contributed by atoms with Crippen molar-refractivity contribution >= 4 is 17.6 Å². The molecule has 0 atom stereocenters. The van der Waals surface area contributed by atoms with Crippen LogP contribution in [0.4, 0.5) is 36.8 Å². The molecule has 0 bridgehead atoms. The number of carbonyl (C=O) groups is 2. The van der Waals surface area contributed by atoms with Crippen LogP contribution in [0.25, 0.3) is 11.3 Å². The smallest absolute Gasteiger partial charge is 0.306 e. The Morgan fingerprint density at radius 2 is 1.45 bits per heavy atom. The lowest BCUT2D eigenvalue weighted by Gasteiger charge is -2.26. The molecule has 9 nitrogen and oxygen atoms in total. The molecule has 1 aromatic heterocycles. The van der Waals surface area contributed by atoms with Gasteiger partial charge in [-0.05, 0) is 44.2 Å². The fourth-order valence-corrected chi connectivity index (χ4v) is 4.29. The lowest BCUT2D eigenvalue weighted by molar-refractivity contribution is -0.138. The van der Waals surface area contributed by atoms with E-state index in [0.717, 1.165) is 29.2 Å². The second kappa shape index (κ2) is 10.7. The van der Waals surface area contributed by atoms with Crippen molar-refractivity contribution in [3.8, 4) is 23.4 Å². The van der Waals surface area contributed by atoms with Crippen LogP contribution in [0.5, 0.6) is 0 Å². The second-order valence-electron chi connectivity index (χ2n) is 9.60. The summed E-state index contributed by atoms with van der Waals surface area (Å²) >= 11 is 0. The molecule has 2 heterocycles. The Labute approximate surface area is 234 Å². The predicted octanol–water partition coefficient (Wildman–Crippen LogP) is 5.53. The van der Waals surface area contributed by atoms with Gasteiger partial charge in [0.15, 0.2) is 0 Å². The van der Waals surface area contributed by atoms with Crippen molar-refractivity contribution in [2.45, 2.75) is 38.3 Å². The molecule has 1 aliphatic rings. The van der Waals surface area contributed by atoms with Gasteiger partial charge >= 0.3 is 18.4 Å². The molecular weight excluding hydrogens is 568 g/mol. The minimum atomic E-state index is -4.88. The number of urea groups is 1. The number of anilines is 1. The molecule has 0 unspecified atom stereocenters. The zero-order chi connectivity index (χ0) is 31.0. The molecule has 0 saturated carbocycles. The van der Waals surface area contributed by atoms with E-state index in [-0.39, 0.29) is 30.0 Å². The van der Waals surface area contributed by atoms with E-state index in [1.165, 1.54) is 49.0 Å². The summed E-state index contributed by atoms with van der Waals surface area (Å²) < 4.78 is 81.5. The average molecular weight is 587 g/mol. The normalized spacial score (nSPS) is 15.4. The third kappa shape index (κ3) is 5.54. The van der Waals surface area contributed by atoms with Crippen LogP contribution in [-0.4, -0.2) is 43.9 Å². The zero-order valence-electron chi connectivity index (χ0n) is 21.8. The maximum Gasteiger partial charge on any atom is 0.417 e. The van der Waals surface area contributed by atoms with Gasteiger partial charge in [-0.25, -0.2) is 14.4 Å². The van der Waals surface area contributed by atoms with Gasteiger partial charge in [-0.15, -0.1) is 5.10 Å². The molecule has 4 rings (SSSR count). The van der Waals surface area contributed by atoms with Crippen LogP contribution in [-0.2, 0) is 23.7 Å². The van der Waals surface area contributed by atoms with Gasteiger partial charge in [0.05, 0.1) is 52.8 Å². The summed E-state index contributed by atoms with van der Waals surface area (Å²) in [7, 11) is 0. The maximum atomic E-state index is 13.4. The van der Waals surface area contributed by atoms with Crippen LogP contribution in [0, 0.1) is 22.7 Å². The largest absolute Gasteiger partial charge is 0.417 e. The number of alkyl halides is 6. The summed E-state index contributed by atoms with van der Waals surface area (Å²) in [6, 6.07) is 7.80. The van der Waals surface area contributed by atoms with Gasteiger partial charge in [0.25, 0.3) is 5.91 Å². The molecule has 3 amide bonds.